The van der Waals surface area contributed by atoms with Gasteiger partial charge in [-0.15, -0.1) is 11.3 Å². The van der Waals surface area contributed by atoms with Gasteiger partial charge in [-0.05, 0) is 18.6 Å². The van der Waals surface area contributed by atoms with Crippen molar-refractivity contribution in [3.05, 3.63) is 29.3 Å². The van der Waals surface area contributed by atoms with E-state index in [1.165, 1.54) is 4.70 Å². The average molecular weight is 280 g/mol. The lowest BCUT2D eigenvalue weighted by Crippen LogP contribution is -2.44. The van der Waals surface area contributed by atoms with Crippen LogP contribution < -0.4 is 5.32 Å². The molecule has 2 heterocycles. The molecule has 0 bridgehead atoms. The third-order valence-electron chi connectivity index (χ3n) is 3.28. The van der Waals surface area contributed by atoms with Gasteiger partial charge < -0.3 is 5.32 Å². The van der Waals surface area contributed by atoms with Crippen LogP contribution in [0.4, 0.5) is 0 Å². The molecule has 0 aliphatic carbocycles. The Labute approximate surface area is 113 Å². The molecule has 1 aliphatic heterocycles. The Bertz CT molecular complexity index is 548. The van der Waals surface area contributed by atoms with Gasteiger partial charge in [0.25, 0.3) is 0 Å². The van der Waals surface area contributed by atoms with Crippen molar-refractivity contribution in [3.8, 4) is 0 Å². The second kappa shape index (κ2) is 5.07. The fourth-order valence-electron chi connectivity index (χ4n) is 2.28. The summed E-state index contributed by atoms with van der Waals surface area (Å²) in [5, 5.41) is 4.64. The van der Waals surface area contributed by atoms with Crippen molar-refractivity contribution < 1.29 is 4.21 Å². The standard InChI is InChI=1S/C13H16N2OS2/c1-2-9-7-18(16)8-11(14-9)13-15-10-5-3-4-6-12(10)17-13/h3-6,9,11,14H,2,7-8H2,1H3. The van der Waals surface area contributed by atoms with Crippen molar-refractivity contribution in [2.24, 2.45) is 0 Å². The molecule has 0 radical (unpaired) electrons. The van der Waals surface area contributed by atoms with Gasteiger partial charge in [-0.25, -0.2) is 4.98 Å². The fourth-order valence-corrected chi connectivity index (χ4v) is 4.95. The van der Waals surface area contributed by atoms with Gasteiger partial charge in [0.1, 0.15) is 5.01 Å². The van der Waals surface area contributed by atoms with Crippen molar-refractivity contribution in [1.29, 1.82) is 0 Å². The zero-order valence-electron chi connectivity index (χ0n) is 10.3. The predicted molar refractivity (Wildman–Crippen MR) is 77.5 cm³/mol. The molecule has 1 aliphatic rings. The molecule has 3 atom stereocenters. The topological polar surface area (TPSA) is 42.0 Å². The van der Waals surface area contributed by atoms with E-state index < -0.39 is 10.8 Å². The van der Waals surface area contributed by atoms with Crippen LogP contribution in [0.25, 0.3) is 10.2 Å². The minimum Gasteiger partial charge on any atom is -0.303 e. The number of nitrogens with zero attached hydrogens (tertiary/aromatic N) is 1. The highest BCUT2D eigenvalue weighted by Gasteiger charge is 2.27. The van der Waals surface area contributed by atoms with Crippen molar-refractivity contribution in [3.63, 3.8) is 0 Å². The summed E-state index contributed by atoms with van der Waals surface area (Å²) < 4.78 is 13.1. The van der Waals surface area contributed by atoms with Crippen LogP contribution >= 0.6 is 11.3 Å². The van der Waals surface area contributed by atoms with Crippen LogP contribution in [0, 0.1) is 0 Å². The maximum Gasteiger partial charge on any atom is 0.112 e. The van der Waals surface area contributed by atoms with Gasteiger partial charge in [-0.2, -0.15) is 0 Å². The normalized spacial score (nSPS) is 28.6. The summed E-state index contributed by atoms with van der Waals surface area (Å²) in [4.78, 5) is 4.66. The molecule has 18 heavy (non-hydrogen) atoms. The van der Waals surface area contributed by atoms with Gasteiger partial charge in [-0.1, -0.05) is 19.1 Å². The number of thiazole rings is 1. The summed E-state index contributed by atoms with van der Waals surface area (Å²) in [6.07, 6.45) is 1.02. The number of para-hydroxylation sites is 1. The highest BCUT2D eigenvalue weighted by Crippen LogP contribution is 2.28. The number of hydrogen-bond donors (Lipinski definition) is 1. The number of hydrogen-bond acceptors (Lipinski definition) is 4. The molecule has 0 saturated carbocycles. The fraction of sp³-hybridized carbons (Fsp3) is 0.462. The van der Waals surface area contributed by atoms with E-state index in [0.717, 1.165) is 22.7 Å². The number of rotatable bonds is 2. The van der Waals surface area contributed by atoms with Crippen LogP contribution in [-0.4, -0.2) is 26.7 Å². The molecule has 3 rings (SSSR count). The van der Waals surface area contributed by atoms with E-state index in [0.29, 0.717) is 11.8 Å². The number of nitrogens with one attached hydrogen (secondary N) is 1. The molecule has 1 saturated heterocycles. The quantitative estimate of drug-likeness (QED) is 0.919. The Hall–Kier alpha value is -0.780. The molecule has 1 aromatic heterocycles. The molecule has 5 heteroatoms. The van der Waals surface area contributed by atoms with Crippen molar-refractivity contribution in [2.45, 2.75) is 25.4 Å². The Morgan fingerprint density at radius 1 is 1.44 bits per heavy atom. The minimum atomic E-state index is -0.718. The van der Waals surface area contributed by atoms with Crippen molar-refractivity contribution >= 4 is 32.4 Å². The monoisotopic (exact) mass is 280 g/mol. The smallest absolute Gasteiger partial charge is 0.112 e. The first kappa shape index (κ1) is 12.3. The van der Waals surface area contributed by atoms with E-state index in [4.69, 9.17) is 0 Å². The SMILES string of the molecule is CCC1CS(=O)CC(c2nc3ccccc3s2)N1. The summed E-state index contributed by atoms with van der Waals surface area (Å²) in [5.41, 5.74) is 1.05. The summed E-state index contributed by atoms with van der Waals surface area (Å²) in [5.74, 6) is 1.47. The molecule has 2 aromatic rings. The zero-order valence-corrected chi connectivity index (χ0v) is 11.9. The lowest BCUT2D eigenvalue weighted by atomic mass is 10.2. The van der Waals surface area contributed by atoms with Gasteiger partial charge >= 0.3 is 0 Å². The van der Waals surface area contributed by atoms with E-state index in [1.54, 1.807) is 11.3 Å². The Morgan fingerprint density at radius 3 is 3.06 bits per heavy atom. The molecule has 96 valence electrons. The lowest BCUT2D eigenvalue weighted by molar-refractivity contribution is 0.455. The van der Waals surface area contributed by atoms with Gasteiger partial charge in [0, 0.05) is 28.3 Å². The first-order valence-electron chi connectivity index (χ1n) is 6.22. The first-order valence-corrected chi connectivity index (χ1v) is 8.53. The maximum atomic E-state index is 11.9. The van der Waals surface area contributed by atoms with Crippen LogP contribution in [0.15, 0.2) is 24.3 Å². The number of benzene rings is 1. The second-order valence-corrected chi connectivity index (χ2v) is 7.23. The van der Waals surface area contributed by atoms with Gasteiger partial charge in [0.05, 0.1) is 16.3 Å². The van der Waals surface area contributed by atoms with Crippen LogP contribution in [0.5, 0.6) is 0 Å². The van der Waals surface area contributed by atoms with E-state index in [-0.39, 0.29) is 6.04 Å². The number of fused-ring (bicyclic) bond motifs is 1. The van der Waals surface area contributed by atoms with Crippen LogP contribution in [0.2, 0.25) is 0 Å². The van der Waals surface area contributed by atoms with Gasteiger partial charge in [-0.3, -0.25) is 4.21 Å². The van der Waals surface area contributed by atoms with Crippen LogP contribution in [0.3, 0.4) is 0 Å². The first-order chi connectivity index (χ1) is 8.76. The van der Waals surface area contributed by atoms with Crippen LogP contribution in [-0.2, 0) is 10.8 Å². The zero-order chi connectivity index (χ0) is 12.5. The maximum absolute atomic E-state index is 11.9. The molecule has 3 unspecified atom stereocenters. The summed E-state index contributed by atoms with van der Waals surface area (Å²) in [6, 6.07) is 8.68. The Kier molecular flexibility index (Phi) is 3.46. The van der Waals surface area contributed by atoms with Gasteiger partial charge in [0.15, 0.2) is 0 Å². The third-order valence-corrected chi connectivity index (χ3v) is 5.91. The van der Waals surface area contributed by atoms with Crippen LogP contribution in [0.1, 0.15) is 24.4 Å². The van der Waals surface area contributed by atoms with Gasteiger partial charge in [0.2, 0.25) is 0 Å². The highest BCUT2D eigenvalue weighted by atomic mass is 32.2. The lowest BCUT2D eigenvalue weighted by Gasteiger charge is -2.28. The van der Waals surface area contributed by atoms with E-state index >= 15 is 0 Å². The Morgan fingerprint density at radius 2 is 2.28 bits per heavy atom. The van der Waals surface area contributed by atoms with E-state index in [2.05, 4.69) is 23.3 Å². The van der Waals surface area contributed by atoms with Crippen molar-refractivity contribution in [2.75, 3.05) is 11.5 Å². The molecule has 3 nitrogen and oxygen atoms in total. The predicted octanol–water partition coefficient (Wildman–Crippen LogP) is 2.47. The largest absolute Gasteiger partial charge is 0.303 e. The average Bonchev–Trinajstić information content (AvgIpc) is 2.81. The van der Waals surface area contributed by atoms with E-state index in [9.17, 15) is 4.21 Å². The summed E-state index contributed by atoms with van der Waals surface area (Å²) in [7, 11) is -0.718. The molecule has 0 spiro atoms. The third kappa shape index (κ3) is 2.35. The summed E-state index contributed by atoms with van der Waals surface area (Å²) in [6.45, 7) is 2.13. The minimum absolute atomic E-state index is 0.155. The van der Waals surface area contributed by atoms with E-state index in [1.807, 2.05) is 18.2 Å². The molecule has 1 N–H and O–H groups in total. The highest BCUT2D eigenvalue weighted by molar-refractivity contribution is 7.85. The van der Waals surface area contributed by atoms with Crippen molar-refractivity contribution in [1.82, 2.24) is 10.3 Å². The molecule has 1 fully saturated rings. The molecule has 0 amide bonds. The molecular weight excluding hydrogens is 264 g/mol. The second-order valence-electron chi connectivity index (χ2n) is 4.62. The summed E-state index contributed by atoms with van der Waals surface area (Å²) >= 11 is 1.71. The Balaban J connectivity index is 1.91. The number of aromatic nitrogens is 1. The molecule has 1 aromatic carbocycles. The molecular formula is C13H16N2OS2.